The van der Waals surface area contributed by atoms with Crippen LogP contribution in [0.3, 0.4) is 0 Å². The molecule has 1 aliphatic heterocycles. The largest absolute Gasteiger partial charge is 0.496 e. The van der Waals surface area contributed by atoms with Crippen molar-refractivity contribution in [1.82, 2.24) is 14.8 Å². The summed E-state index contributed by atoms with van der Waals surface area (Å²) in [4.78, 5) is 32.2. The molecule has 1 aromatic carbocycles. The summed E-state index contributed by atoms with van der Waals surface area (Å²) in [6.45, 7) is 8.11. The van der Waals surface area contributed by atoms with Gasteiger partial charge in [-0.2, -0.15) is 0 Å². The molecule has 1 aromatic heterocycles. The summed E-state index contributed by atoms with van der Waals surface area (Å²) in [7, 11) is 1.64. The first-order valence-corrected chi connectivity index (χ1v) is 9.26. The van der Waals surface area contributed by atoms with Crippen molar-refractivity contribution >= 4 is 11.8 Å². The number of aryl methyl sites for hydroxylation is 3. The van der Waals surface area contributed by atoms with E-state index in [1.54, 1.807) is 7.11 Å². The number of benzene rings is 1. The van der Waals surface area contributed by atoms with Gasteiger partial charge in [0.1, 0.15) is 5.75 Å². The highest BCUT2D eigenvalue weighted by Gasteiger charge is 2.26. The minimum atomic E-state index is 0.0368. The fraction of sp³-hybridized carbons (Fsp3) is 0.429. The predicted octanol–water partition coefficient (Wildman–Crippen LogP) is 2.48. The number of hydrogen-bond donors (Lipinski definition) is 1. The number of amides is 2. The van der Waals surface area contributed by atoms with E-state index in [0.29, 0.717) is 32.6 Å². The number of hydrogen-bond acceptors (Lipinski definition) is 3. The van der Waals surface area contributed by atoms with Gasteiger partial charge in [0.2, 0.25) is 5.91 Å². The lowest BCUT2D eigenvalue weighted by atomic mass is 10.1. The molecule has 0 bridgehead atoms. The van der Waals surface area contributed by atoms with Crippen LogP contribution in [-0.2, 0) is 11.2 Å². The van der Waals surface area contributed by atoms with Gasteiger partial charge in [0.25, 0.3) is 5.91 Å². The highest BCUT2D eigenvalue weighted by Crippen LogP contribution is 2.20. The Labute approximate surface area is 160 Å². The molecule has 0 atom stereocenters. The van der Waals surface area contributed by atoms with E-state index in [-0.39, 0.29) is 11.8 Å². The summed E-state index contributed by atoms with van der Waals surface area (Å²) in [5, 5.41) is 0. The van der Waals surface area contributed by atoms with E-state index in [2.05, 4.69) is 4.98 Å². The predicted molar refractivity (Wildman–Crippen MR) is 104 cm³/mol. The topological polar surface area (TPSA) is 65.6 Å². The van der Waals surface area contributed by atoms with Crippen LogP contribution in [0.4, 0.5) is 0 Å². The van der Waals surface area contributed by atoms with Crippen molar-refractivity contribution in [3.63, 3.8) is 0 Å². The van der Waals surface area contributed by atoms with E-state index in [1.807, 2.05) is 54.8 Å². The third-order valence-electron chi connectivity index (χ3n) is 5.11. The molecule has 0 radical (unpaired) electrons. The number of rotatable bonds is 4. The second kappa shape index (κ2) is 7.86. The smallest absolute Gasteiger partial charge is 0.255 e. The van der Waals surface area contributed by atoms with E-state index in [1.165, 1.54) is 0 Å². The molecule has 3 rings (SSSR count). The van der Waals surface area contributed by atoms with Gasteiger partial charge >= 0.3 is 0 Å². The zero-order valence-corrected chi connectivity index (χ0v) is 16.5. The molecule has 6 nitrogen and oxygen atoms in total. The number of methoxy groups -OCH3 is 1. The lowest BCUT2D eigenvalue weighted by molar-refractivity contribution is -0.131. The van der Waals surface area contributed by atoms with Gasteiger partial charge in [0.05, 0.1) is 19.1 Å². The van der Waals surface area contributed by atoms with Gasteiger partial charge in [-0.15, -0.1) is 0 Å². The Bertz CT molecular complexity index is 848. The Morgan fingerprint density at radius 1 is 1.04 bits per heavy atom. The molecule has 1 N–H and O–H groups in total. The number of nitrogens with zero attached hydrogens (tertiary/aromatic N) is 2. The fourth-order valence-electron chi connectivity index (χ4n) is 3.61. The second-order valence-electron chi connectivity index (χ2n) is 7.14. The zero-order chi connectivity index (χ0) is 19.6. The third kappa shape index (κ3) is 4.15. The molecule has 1 saturated heterocycles. The number of piperazine rings is 1. The van der Waals surface area contributed by atoms with Crippen LogP contribution in [0.5, 0.6) is 5.75 Å². The molecule has 144 valence electrons. The minimum absolute atomic E-state index is 0.0368. The Hall–Kier alpha value is -2.76. The molecular weight excluding hydrogens is 342 g/mol. The van der Waals surface area contributed by atoms with E-state index in [4.69, 9.17) is 4.74 Å². The number of carbonyl (C=O) groups is 2. The van der Waals surface area contributed by atoms with Gasteiger partial charge in [-0.25, -0.2) is 0 Å². The lowest BCUT2D eigenvalue weighted by Gasteiger charge is -2.35. The molecule has 2 heterocycles. The molecule has 2 amide bonds. The summed E-state index contributed by atoms with van der Waals surface area (Å²) < 4.78 is 5.27. The maximum absolute atomic E-state index is 12.7. The monoisotopic (exact) mass is 369 g/mol. The van der Waals surface area contributed by atoms with Gasteiger partial charge in [-0.05, 0) is 44.0 Å². The maximum Gasteiger partial charge on any atom is 0.255 e. The quantitative estimate of drug-likeness (QED) is 0.900. The number of ether oxygens (including phenoxy) is 1. The van der Waals surface area contributed by atoms with Crippen molar-refractivity contribution in [3.8, 4) is 5.75 Å². The molecular formula is C21H27N3O3. The summed E-state index contributed by atoms with van der Waals surface area (Å²) in [6, 6.07) is 7.71. The van der Waals surface area contributed by atoms with Gasteiger partial charge < -0.3 is 19.5 Å². The number of H-pyrrole nitrogens is 1. The summed E-state index contributed by atoms with van der Waals surface area (Å²) in [5.41, 5.74) is 4.61. The molecule has 1 aliphatic rings. The Balaban J connectivity index is 1.57. The summed E-state index contributed by atoms with van der Waals surface area (Å²) in [5.74, 6) is 0.962. The zero-order valence-electron chi connectivity index (χ0n) is 16.5. The van der Waals surface area contributed by atoms with Crippen molar-refractivity contribution in [2.45, 2.75) is 27.2 Å². The first kappa shape index (κ1) is 19.0. The van der Waals surface area contributed by atoms with Gasteiger partial charge in [0, 0.05) is 37.6 Å². The first-order chi connectivity index (χ1) is 12.9. The standard InChI is InChI=1S/C21H27N3O3/c1-14-11-17(5-6-19(14)27-4)13-20(25)23-7-9-24(10-8-23)21(26)18-12-15(2)22-16(18)3/h5-6,11-12,22H,7-10,13H2,1-4H3. The number of nitrogens with one attached hydrogen (secondary N) is 1. The maximum atomic E-state index is 12.7. The normalized spacial score (nSPS) is 14.4. The minimum Gasteiger partial charge on any atom is -0.496 e. The van der Waals surface area contributed by atoms with Gasteiger partial charge in [0.15, 0.2) is 0 Å². The van der Waals surface area contributed by atoms with Crippen LogP contribution < -0.4 is 4.74 Å². The average molecular weight is 369 g/mol. The summed E-state index contributed by atoms with van der Waals surface area (Å²) in [6.07, 6.45) is 0.370. The molecule has 27 heavy (non-hydrogen) atoms. The van der Waals surface area contributed by atoms with Crippen LogP contribution in [0.1, 0.15) is 32.9 Å². The molecule has 2 aromatic rings. The molecule has 0 aliphatic carbocycles. The molecule has 1 fully saturated rings. The van der Waals surface area contributed by atoms with Crippen LogP contribution in [-0.4, -0.2) is 59.9 Å². The Morgan fingerprint density at radius 2 is 1.70 bits per heavy atom. The van der Waals surface area contributed by atoms with Gasteiger partial charge in [-0.1, -0.05) is 12.1 Å². The van der Waals surface area contributed by atoms with E-state index >= 15 is 0 Å². The van der Waals surface area contributed by atoms with Crippen molar-refractivity contribution in [3.05, 3.63) is 52.3 Å². The number of aromatic amines is 1. The van der Waals surface area contributed by atoms with Crippen molar-refractivity contribution in [2.24, 2.45) is 0 Å². The van der Waals surface area contributed by atoms with Gasteiger partial charge in [-0.3, -0.25) is 9.59 Å². The van der Waals surface area contributed by atoms with E-state index in [9.17, 15) is 9.59 Å². The van der Waals surface area contributed by atoms with E-state index in [0.717, 1.165) is 33.8 Å². The third-order valence-corrected chi connectivity index (χ3v) is 5.11. The van der Waals surface area contributed by atoms with E-state index < -0.39 is 0 Å². The fourth-order valence-corrected chi connectivity index (χ4v) is 3.61. The SMILES string of the molecule is COc1ccc(CC(=O)N2CCN(C(=O)c3cc(C)[nH]c3C)CC2)cc1C. The molecule has 0 spiro atoms. The first-order valence-electron chi connectivity index (χ1n) is 9.26. The number of aromatic nitrogens is 1. The average Bonchev–Trinajstić information content (AvgIpc) is 2.99. The Kier molecular flexibility index (Phi) is 5.54. The van der Waals surface area contributed by atoms with Crippen LogP contribution in [0.25, 0.3) is 0 Å². The van der Waals surface area contributed by atoms with Crippen LogP contribution in [0, 0.1) is 20.8 Å². The van der Waals surface area contributed by atoms with Crippen LogP contribution in [0.15, 0.2) is 24.3 Å². The molecule has 0 unspecified atom stereocenters. The Morgan fingerprint density at radius 3 is 2.26 bits per heavy atom. The second-order valence-corrected chi connectivity index (χ2v) is 7.14. The van der Waals surface area contributed by atoms with Crippen molar-refractivity contribution < 1.29 is 14.3 Å². The van der Waals surface area contributed by atoms with Crippen LogP contribution in [0.2, 0.25) is 0 Å². The highest BCUT2D eigenvalue weighted by molar-refractivity contribution is 5.95. The molecule has 0 saturated carbocycles. The van der Waals surface area contributed by atoms with Crippen molar-refractivity contribution in [1.29, 1.82) is 0 Å². The molecule has 6 heteroatoms. The van der Waals surface area contributed by atoms with Crippen LogP contribution >= 0.6 is 0 Å². The highest BCUT2D eigenvalue weighted by atomic mass is 16.5. The van der Waals surface area contributed by atoms with Crippen molar-refractivity contribution in [2.75, 3.05) is 33.3 Å². The lowest BCUT2D eigenvalue weighted by Crippen LogP contribution is -2.51. The summed E-state index contributed by atoms with van der Waals surface area (Å²) >= 11 is 0. The number of carbonyl (C=O) groups excluding carboxylic acids is 2.